The summed E-state index contributed by atoms with van der Waals surface area (Å²) in [5.74, 6) is 0.776. The molecule has 128 valence electrons. The number of hydrogen-bond acceptors (Lipinski definition) is 5. The summed E-state index contributed by atoms with van der Waals surface area (Å²) in [5.41, 5.74) is 2.13. The summed E-state index contributed by atoms with van der Waals surface area (Å²) in [6, 6.07) is 6.61. The van der Waals surface area contributed by atoms with Crippen molar-refractivity contribution in [2.75, 3.05) is 13.7 Å². The monoisotopic (exact) mass is 364 g/mol. The lowest BCUT2D eigenvalue weighted by molar-refractivity contribution is -0.0957. The van der Waals surface area contributed by atoms with Crippen molar-refractivity contribution in [2.24, 2.45) is 0 Å². The van der Waals surface area contributed by atoms with Crippen molar-refractivity contribution in [3.05, 3.63) is 44.9 Å². The number of pyridine rings is 1. The van der Waals surface area contributed by atoms with Gasteiger partial charge in [-0.15, -0.1) is 11.3 Å². The highest BCUT2D eigenvalue weighted by molar-refractivity contribution is 7.16. The zero-order valence-corrected chi connectivity index (χ0v) is 15.4. The predicted molar refractivity (Wildman–Crippen MR) is 96.0 cm³/mol. The van der Waals surface area contributed by atoms with E-state index in [1.54, 1.807) is 24.6 Å². The smallest absolute Gasteiger partial charge is 0.137 e. The molecular formula is C18H21ClN2O2S. The van der Waals surface area contributed by atoms with Gasteiger partial charge in [0.1, 0.15) is 11.4 Å². The molecule has 0 aliphatic carbocycles. The molecule has 0 radical (unpaired) electrons. The second kappa shape index (κ2) is 6.30. The SMILES string of the molecule is COc1ccc(C2CC3(CC(C)N2)OCCc2cc(Cl)sc23)nc1. The molecule has 0 aromatic carbocycles. The molecule has 0 bridgehead atoms. The lowest BCUT2D eigenvalue weighted by Gasteiger charge is -2.46. The Morgan fingerprint density at radius 3 is 3.04 bits per heavy atom. The van der Waals surface area contributed by atoms with Crippen LogP contribution in [0.3, 0.4) is 0 Å². The topological polar surface area (TPSA) is 43.4 Å². The van der Waals surface area contributed by atoms with E-state index in [0.717, 1.165) is 41.6 Å². The van der Waals surface area contributed by atoms with Crippen molar-refractivity contribution in [1.82, 2.24) is 10.3 Å². The van der Waals surface area contributed by atoms with Gasteiger partial charge >= 0.3 is 0 Å². The predicted octanol–water partition coefficient (Wildman–Crippen LogP) is 4.09. The van der Waals surface area contributed by atoms with Crippen LogP contribution in [-0.4, -0.2) is 24.7 Å². The minimum absolute atomic E-state index is 0.159. The van der Waals surface area contributed by atoms with Crippen LogP contribution in [0, 0.1) is 0 Å². The minimum Gasteiger partial charge on any atom is -0.495 e. The van der Waals surface area contributed by atoms with E-state index in [1.807, 2.05) is 12.1 Å². The lowest BCUT2D eigenvalue weighted by Crippen LogP contribution is -2.49. The summed E-state index contributed by atoms with van der Waals surface area (Å²) < 4.78 is 12.4. The summed E-state index contributed by atoms with van der Waals surface area (Å²) in [5, 5.41) is 3.67. The van der Waals surface area contributed by atoms with E-state index in [4.69, 9.17) is 21.1 Å². The maximum absolute atomic E-state index is 6.37. The molecule has 0 saturated carbocycles. The van der Waals surface area contributed by atoms with Crippen molar-refractivity contribution < 1.29 is 9.47 Å². The Balaban J connectivity index is 1.68. The highest BCUT2D eigenvalue weighted by Crippen LogP contribution is 2.49. The van der Waals surface area contributed by atoms with Gasteiger partial charge in [0.05, 0.1) is 36.0 Å². The molecule has 2 aromatic heterocycles. The number of aromatic nitrogens is 1. The summed E-state index contributed by atoms with van der Waals surface area (Å²) in [7, 11) is 1.66. The van der Waals surface area contributed by atoms with Crippen LogP contribution in [0.5, 0.6) is 5.75 Å². The molecule has 3 atom stereocenters. The highest BCUT2D eigenvalue weighted by atomic mass is 35.5. The summed E-state index contributed by atoms with van der Waals surface area (Å²) >= 11 is 7.97. The minimum atomic E-state index is -0.248. The Morgan fingerprint density at radius 1 is 1.42 bits per heavy atom. The number of thiophene rings is 1. The number of nitrogens with zero attached hydrogens (tertiary/aromatic N) is 1. The van der Waals surface area contributed by atoms with E-state index >= 15 is 0 Å². The van der Waals surface area contributed by atoms with Gasteiger partial charge in [-0.3, -0.25) is 4.98 Å². The maximum atomic E-state index is 6.37. The van der Waals surface area contributed by atoms with Gasteiger partial charge < -0.3 is 14.8 Å². The van der Waals surface area contributed by atoms with Gasteiger partial charge in [-0.2, -0.15) is 0 Å². The first-order chi connectivity index (χ1) is 11.6. The Labute approximate surface area is 151 Å². The van der Waals surface area contributed by atoms with Crippen molar-refractivity contribution in [3.63, 3.8) is 0 Å². The number of rotatable bonds is 2. The van der Waals surface area contributed by atoms with Crippen molar-refractivity contribution >= 4 is 22.9 Å². The molecule has 2 aliphatic heterocycles. The van der Waals surface area contributed by atoms with E-state index in [9.17, 15) is 0 Å². The lowest BCUT2D eigenvalue weighted by atomic mass is 9.79. The zero-order valence-electron chi connectivity index (χ0n) is 13.8. The molecule has 4 rings (SSSR count). The van der Waals surface area contributed by atoms with Gasteiger partial charge in [0, 0.05) is 17.3 Å². The van der Waals surface area contributed by atoms with E-state index in [-0.39, 0.29) is 11.6 Å². The van der Waals surface area contributed by atoms with E-state index in [1.165, 1.54) is 10.4 Å². The highest BCUT2D eigenvalue weighted by Gasteiger charge is 2.46. The van der Waals surface area contributed by atoms with Gasteiger partial charge in [0.25, 0.3) is 0 Å². The molecule has 3 unspecified atom stereocenters. The Bertz CT molecular complexity index is 733. The fourth-order valence-electron chi connectivity index (χ4n) is 3.97. The van der Waals surface area contributed by atoms with Crippen LogP contribution in [0.1, 0.15) is 41.9 Å². The summed E-state index contributed by atoms with van der Waals surface area (Å²) in [6.07, 6.45) is 4.57. The van der Waals surface area contributed by atoms with Crippen LogP contribution in [0.4, 0.5) is 0 Å². The second-order valence-electron chi connectivity index (χ2n) is 6.65. The number of fused-ring (bicyclic) bond motifs is 2. The Kier molecular flexibility index (Phi) is 4.29. The first-order valence-corrected chi connectivity index (χ1v) is 9.48. The third kappa shape index (κ3) is 2.84. The fourth-order valence-corrected chi connectivity index (χ4v) is 5.43. The number of piperidine rings is 1. The average molecular weight is 365 g/mol. The molecule has 1 spiro atoms. The molecular weight excluding hydrogens is 344 g/mol. The second-order valence-corrected chi connectivity index (χ2v) is 8.33. The van der Waals surface area contributed by atoms with E-state index in [2.05, 4.69) is 23.3 Å². The molecule has 4 heterocycles. The van der Waals surface area contributed by atoms with Gasteiger partial charge in [-0.1, -0.05) is 11.6 Å². The van der Waals surface area contributed by atoms with Gasteiger partial charge in [0.2, 0.25) is 0 Å². The molecule has 24 heavy (non-hydrogen) atoms. The summed E-state index contributed by atoms with van der Waals surface area (Å²) in [6.45, 7) is 2.97. The van der Waals surface area contributed by atoms with Crippen molar-refractivity contribution in [3.8, 4) is 5.75 Å². The van der Waals surface area contributed by atoms with E-state index in [0.29, 0.717) is 6.04 Å². The number of ether oxygens (including phenoxy) is 2. The first kappa shape index (κ1) is 16.3. The van der Waals surface area contributed by atoms with Gasteiger partial charge in [-0.25, -0.2) is 0 Å². The standard InChI is InChI=1S/C18H21ClN2O2S/c1-11-8-18(17-12(5-6-23-18)7-16(19)24-17)9-15(21-11)14-4-3-13(22-2)10-20-14/h3-4,7,10-11,15,21H,5-6,8-9H2,1-2H3. The molecule has 1 fully saturated rings. The number of hydrogen-bond donors (Lipinski definition) is 1. The van der Waals surface area contributed by atoms with Crippen LogP contribution in [-0.2, 0) is 16.8 Å². The Hall–Kier alpha value is -1.14. The quantitative estimate of drug-likeness (QED) is 0.871. The number of methoxy groups -OCH3 is 1. The molecule has 4 nitrogen and oxygen atoms in total. The molecule has 2 aliphatic rings. The maximum Gasteiger partial charge on any atom is 0.137 e. The normalized spacial score (nSPS) is 29.5. The van der Waals surface area contributed by atoms with Crippen LogP contribution >= 0.6 is 22.9 Å². The van der Waals surface area contributed by atoms with Crippen LogP contribution in [0.2, 0.25) is 4.34 Å². The molecule has 0 amide bonds. The largest absolute Gasteiger partial charge is 0.495 e. The van der Waals surface area contributed by atoms with Crippen molar-refractivity contribution in [2.45, 2.75) is 43.9 Å². The fraction of sp³-hybridized carbons (Fsp3) is 0.500. The van der Waals surface area contributed by atoms with Gasteiger partial charge in [0.15, 0.2) is 0 Å². The third-order valence-corrected chi connectivity index (χ3v) is 6.44. The molecule has 1 N–H and O–H groups in total. The van der Waals surface area contributed by atoms with Crippen LogP contribution in [0.25, 0.3) is 0 Å². The third-order valence-electron chi connectivity index (χ3n) is 4.95. The van der Waals surface area contributed by atoms with Crippen LogP contribution in [0.15, 0.2) is 24.4 Å². The van der Waals surface area contributed by atoms with Crippen LogP contribution < -0.4 is 10.1 Å². The Morgan fingerprint density at radius 2 is 2.29 bits per heavy atom. The zero-order chi connectivity index (χ0) is 16.7. The first-order valence-electron chi connectivity index (χ1n) is 8.28. The average Bonchev–Trinajstić information content (AvgIpc) is 2.97. The van der Waals surface area contributed by atoms with Gasteiger partial charge in [-0.05, 0) is 43.5 Å². The molecule has 2 aromatic rings. The summed E-state index contributed by atoms with van der Waals surface area (Å²) in [4.78, 5) is 5.89. The molecule has 1 saturated heterocycles. The number of halogens is 1. The molecule has 6 heteroatoms. The van der Waals surface area contributed by atoms with E-state index < -0.39 is 0 Å². The number of nitrogens with one attached hydrogen (secondary N) is 1. The van der Waals surface area contributed by atoms with Crippen molar-refractivity contribution in [1.29, 1.82) is 0 Å².